The second-order valence-corrected chi connectivity index (χ2v) is 4.05. The Bertz CT molecular complexity index is 375. The zero-order valence-electron chi connectivity index (χ0n) is 11.0. The summed E-state index contributed by atoms with van der Waals surface area (Å²) in [6.07, 6.45) is 1.01. The SMILES string of the molecule is CCCCC(O)C(=O)O.O=C(O)Cc1ccccc1. The molecule has 0 aromatic heterocycles. The molecule has 1 aromatic carbocycles. The predicted octanol–water partition coefficient (Wildman–Crippen LogP) is 1.94. The fraction of sp³-hybridized carbons (Fsp3) is 0.429. The third-order valence-corrected chi connectivity index (χ3v) is 2.31. The Labute approximate surface area is 112 Å². The third kappa shape index (κ3) is 9.79. The number of unbranched alkanes of at least 4 members (excludes halogenated alkanes) is 1. The Hall–Kier alpha value is -1.88. The van der Waals surface area contributed by atoms with E-state index in [1.54, 1.807) is 12.1 Å². The van der Waals surface area contributed by atoms with E-state index in [-0.39, 0.29) is 6.42 Å². The Morgan fingerprint density at radius 3 is 2.16 bits per heavy atom. The average molecular weight is 268 g/mol. The van der Waals surface area contributed by atoms with Crippen LogP contribution in [0.2, 0.25) is 0 Å². The Kier molecular flexibility index (Phi) is 9.08. The smallest absolute Gasteiger partial charge is 0.332 e. The minimum absolute atomic E-state index is 0.112. The highest BCUT2D eigenvalue weighted by atomic mass is 16.4. The molecule has 0 saturated carbocycles. The number of aliphatic carboxylic acids is 2. The first kappa shape index (κ1) is 17.1. The number of hydrogen-bond acceptors (Lipinski definition) is 3. The lowest BCUT2D eigenvalue weighted by Crippen LogP contribution is -2.18. The van der Waals surface area contributed by atoms with Crippen LogP contribution in [0.3, 0.4) is 0 Å². The molecular formula is C14H20O5. The molecule has 0 aliphatic heterocycles. The van der Waals surface area contributed by atoms with E-state index in [0.717, 1.165) is 18.4 Å². The molecule has 1 aromatic rings. The number of hydrogen-bond donors (Lipinski definition) is 3. The van der Waals surface area contributed by atoms with Crippen LogP contribution in [0.25, 0.3) is 0 Å². The Balaban J connectivity index is 0.000000344. The number of benzene rings is 1. The van der Waals surface area contributed by atoms with Crippen molar-refractivity contribution in [2.75, 3.05) is 0 Å². The maximum absolute atomic E-state index is 10.2. The standard InChI is InChI=1S/C8H8O2.C6H12O3/c9-8(10)6-7-4-2-1-3-5-7;1-2-3-4-5(7)6(8)9/h1-5H,6H2,(H,9,10);5,7H,2-4H2,1H3,(H,8,9). The van der Waals surface area contributed by atoms with E-state index in [1.165, 1.54) is 0 Å². The van der Waals surface area contributed by atoms with Gasteiger partial charge in [0.05, 0.1) is 6.42 Å². The number of rotatable bonds is 6. The van der Waals surface area contributed by atoms with Gasteiger partial charge in [-0.3, -0.25) is 4.79 Å². The molecule has 0 radical (unpaired) electrons. The summed E-state index contributed by atoms with van der Waals surface area (Å²) in [7, 11) is 0. The van der Waals surface area contributed by atoms with Crippen LogP contribution < -0.4 is 0 Å². The summed E-state index contributed by atoms with van der Waals surface area (Å²) in [4.78, 5) is 20.1. The van der Waals surface area contributed by atoms with Crippen LogP contribution in [0.4, 0.5) is 0 Å². The van der Waals surface area contributed by atoms with Crippen LogP contribution >= 0.6 is 0 Å². The largest absolute Gasteiger partial charge is 0.481 e. The molecule has 1 atom stereocenters. The van der Waals surface area contributed by atoms with Gasteiger partial charge in [-0.2, -0.15) is 0 Å². The maximum Gasteiger partial charge on any atom is 0.332 e. The van der Waals surface area contributed by atoms with Crippen LogP contribution in [0.1, 0.15) is 31.7 Å². The first-order valence-electron chi connectivity index (χ1n) is 6.14. The lowest BCUT2D eigenvalue weighted by Gasteiger charge is -2.01. The third-order valence-electron chi connectivity index (χ3n) is 2.31. The molecule has 1 rings (SSSR count). The minimum Gasteiger partial charge on any atom is -0.481 e. The van der Waals surface area contributed by atoms with E-state index in [4.69, 9.17) is 15.3 Å². The van der Waals surface area contributed by atoms with Gasteiger partial charge in [-0.05, 0) is 12.0 Å². The molecule has 5 nitrogen and oxygen atoms in total. The van der Waals surface area contributed by atoms with Gasteiger partial charge in [-0.25, -0.2) is 4.79 Å². The number of carboxylic acid groups (broad SMARTS) is 2. The molecule has 3 N–H and O–H groups in total. The summed E-state index contributed by atoms with van der Waals surface area (Å²) in [5.74, 6) is -1.91. The van der Waals surface area contributed by atoms with Gasteiger partial charge in [0.15, 0.2) is 6.10 Å². The van der Waals surface area contributed by atoms with Crippen LogP contribution in [0, 0.1) is 0 Å². The highest BCUT2D eigenvalue weighted by Gasteiger charge is 2.10. The monoisotopic (exact) mass is 268 g/mol. The first-order chi connectivity index (χ1) is 8.97. The number of carboxylic acids is 2. The van der Waals surface area contributed by atoms with Gasteiger partial charge in [0.1, 0.15) is 0 Å². The van der Waals surface area contributed by atoms with Crippen molar-refractivity contribution >= 4 is 11.9 Å². The van der Waals surface area contributed by atoms with Gasteiger partial charge in [0.2, 0.25) is 0 Å². The second-order valence-electron chi connectivity index (χ2n) is 4.05. The van der Waals surface area contributed by atoms with Crippen molar-refractivity contribution < 1.29 is 24.9 Å². The topological polar surface area (TPSA) is 94.8 Å². The van der Waals surface area contributed by atoms with E-state index in [1.807, 2.05) is 25.1 Å². The van der Waals surface area contributed by atoms with Crippen molar-refractivity contribution in [1.82, 2.24) is 0 Å². The predicted molar refractivity (Wildman–Crippen MR) is 70.9 cm³/mol. The quantitative estimate of drug-likeness (QED) is 0.732. The lowest BCUT2D eigenvalue weighted by molar-refractivity contribution is -0.147. The lowest BCUT2D eigenvalue weighted by atomic mass is 10.2. The molecule has 0 bridgehead atoms. The Morgan fingerprint density at radius 1 is 1.16 bits per heavy atom. The van der Waals surface area contributed by atoms with E-state index < -0.39 is 18.0 Å². The molecule has 0 fully saturated rings. The summed E-state index contributed by atoms with van der Waals surface area (Å²) in [6, 6.07) is 9.13. The van der Waals surface area contributed by atoms with Crippen molar-refractivity contribution in [2.45, 2.75) is 38.7 Å². The molecule has 0 saturated heterocycles. The molecule has 0 heterocycles. The first-order valence-corrected chi connectivity index (χ1v) is 6.14. The van der Waals surface area contributed by atoms with Crippen LogP contribution in [0.15, 0.2) is 30.3 Å². The van der Waals surface area contributed by atoms with Crippen LogP contribution in [-0.4, -0.2) is 33.4 Å². The average Bonchev–Trinajstić information content (AvgIpc) is 2.37. The number of aliphatic hydroxyl groups excluding tert-OH is 1. The summed E-state index contributed by atoms with van der Waals surface area (Å²) in [5, 5.41) is 25.2. The molecule has 0 spiro atoms. The van der Waals surface area contributed by atoms with Crippen LogP contribution in [-0.2, 0) is 16.0 Å². The van der Waals surface area contributed by atoms with Crippen molar-refractivity contribution in [3.63, 3.8) is 0 Å². The zero-order valence-corrected chi connectivity index (χ0v) is 11.0. The summed E-state index contributed by atoms with van der Waals surface area (Å²) >= 11 is 0. The Morgan fingerprint density at radius 2 is 1.74 bits per heavy atom. The minimum atomic E-state index is -1.16. The van der Waals surface area contributed by atoms with Gasteiger partial charge >= 0.3 is 11.9 Å². The van der Waals surface area contributed by atoms with Gasteiger partial charge in [-0.1, -0.05) is 50.1 Å². The van der Waals surface area contributed by atoms with Crippen molar-refractivity contribution in [3.8, 4) is 0 Å². The molecular weight excluding hydrogens is 248 g/mol. The molecule has 5 heteroatoms. The normalized spacial score (nSPS) is 11.1. The van der Waals surface area contributed by atoms with E-state index in [2.05, 4.69) is 0 Å². The van der Waals surface area contributed by atoms with E-state index >= 15 is 0 Å². The van der Waals surface area contributed by atoms with Crippen molar-refractivity contribution in [3.05, 3.63) is 35.9 Å². The van der Waals surface area contributed by atoms with Gasteiger partial charge in [-0.15, -0.1) is 0 Å². The fourth-order valence-electron chi connectivity index (χ4n) is 1.29. The zero-order chi connectivity index (χ0) is 14.7. The summed E-state index contributed by atoms with van der Waals surface area (Å²) in [6.45, 7) is 1.95. The number of aliphatic hydroxyl groups is 1. The molecule has 106 valence electrons. The molecule has 1 unspecified atom stereocenters. The van der Waals surface area contributed by atoms with Gasteiger partial charge < -0.3 is 15.3 Å². The van der Waals surface area contributed by atoms with Crippen molar-refractivity contribution in [1.29, 1.82) is 0 Å². The molecule has 19 heavy (non-hydrogen) atoms. The van der Waals surface area contributed by atoms with Gasteiger partial charge in [0.25, 0.3) is 0 Å². The summed E-state index contributed by atoms with van der Waals surface area (Å²) < 4.78 is 0. The molecule has 0 aliphatic carbocycles. The molecule has 0 aliphatic rings. The highest BCUT2D eigenvalue weighted by molar-refractivity contribution is 5.71. The number of carbonyl (C=O) groups is 2. The second kappa shape index (κ2) is 10.1. The van der Waals surface area contributed by atoms with Crippen molar-refractivity contribution in [2.24, 2.45) is 0 Å². The van der Waals surface area contributed by atoms with Gasteiger partial charge in [0, 0.05) is 0 Å². The maximum atomic E-state index is 10.2. The fourth-order valence-corrected chi connectivity index (χ4v) is 1.29. The highest BCUT2D eigenvalue weighted by Crippen LogP contribution is 1.99. The van der Waals surface area contributed by atoms with E-state index in [0.29, 0.717) is 6.42 Å². The van der Waals surface area contributed by atoms with Crippen LogP contribution in [0.5, 0.6) is 0 Å². The summed E-state index contributed by atoms with van der Waals surface area (Å²) in [5.41, 5.74) is 0.843. The molecule has 0 amide bonds. The van der Waals surface area contributed by atoms with E-state index in [9.17, 15) is 9.59 Å².